The summed E-state index contributed by atoms with van der Waals surface area (Å²) in [6, 6.07) is 18.0. The number of hydrogen-bond acceptors (Lipinski definition) is 5. The lowest BCUT2D eigenvalue weighted by Crippen LogP contribution is -2.28. The maximum absolute atomic E-state index is 13.0. The monoisotopic (exact) mass is 607 g/mol. The van der Waals surface area contributed by atoms with Gasteiger partial charge in [-0.25, -0.2) is 4.90 Å². The van der Waals surface area contributed by atoms with Crippen LogP contribution in [0.15, 0.2) is 74.5 Å². The Morgan fingerprint density at radius 3 is 2.39 bits per heavy atom. The molecule has 168 valence electrons. The van der Waals surface area contributed by atoms with E-state index in [1.165, 1.54) is 7.11 Å². The Hall–Kier alpha value is -2.26. The molecule has 0 aromatic heterocycles. The minimum absolute atomic E-state index is 0.300. The summed E-state index contributed by atoms with van der Waals surface area (Å²) < 4.78 is 12.6. The number of imide groups is 1. The molecule has 0 aliphatic carbocycles. The van der Waals surface area contributed by atoms with Crippen LogP contribution in [0.3, 0.4) is 0 Å². The van der Waals surface area contributed by atoms with Crippen molar-refractivity contribution in [3.8, 4) is 11.5 Å². The van der Waals surface area contributed by atoms with E-state index >= 15 is 0 Å². The Morgan fingerprint density at radius 1 is 1.03 bits per heavy atom. The van der Waals surface area contributed by atoms with Gasteiger partial charge in [0.1, 0.15) is 18.1 Å². The minimum atomic E-state index is -0.402. The van der Waals surface area contributed by atoms with Crippen LogP contribution in [0.5, 0.6) is 11.5 Å². The molecule has 0 radical (unpaired) electrons. The lowest BCUT2D eigenvalue weighted by atomic mass is 10.2. The van der Waals surface area contributed by atoms with Crippen LogP contribution in [-0.4, -0.2) is 18.3 Å². The molecule has 1 aliphatic heterocycles. The van der Waals surface area contributed by atoms with E-state index in [0.717, 1.165) is 27.8 Å². The number of amides is 2. The SMILES string of the molecule is COc1ccccc1N1C(=O)S/C(=C\c2cc(Br)c(OCc3ccccc3Cl)c(Br)c2)C1=O. The molecule has 0 unspecified atom stereocenters. The van der Waals surface area contributed by atoms with Gasteiger partial charge in [-0.15, -0.1) is 0 Å². The van der Waals surface area contributed by atoms with Gasteiger partial charge < -0.3 is 9.47 Å². The van der Waals surface area contributed by atoms with Gasteiger partial charge in [-0.2, -0.15) is 0 Å². The predicted molar refractivity (Wildman–Crippen MR) is 139 cm³/mol. The average molecular weight is 610 g/mol. The van der Waals surface area contributed by atoms with Crippen molar-refractivity contribution in [1.82, 2.24) is 0 Å². The van der Waals surface area contributed by atoms with Gasteiger partial charge in [0.05, 0.1) is 26.6 Å². The van der Waals surface area contributed by atoms with E-state index in [4.69, 9.17) is 21.1 Å². The first-order valence-electron chi connectivity index (χ1n) is 9.65. The number of carbonyl (C=O) groups excluding carboxylic acids is 2. The van der Waals surface area contributed by atoms with Crippen LogP contribution < -0.4 is 14.4 Å². The molecule has 0 saturated carbocycles. The van der Waals surface area contributed by atoms with E-state index in [1.807, 2.05) is 36.4 Å². The molecule has 3 aromatic rings. The highest BCUT2D eigenvalue weighted by Crippen LogP contribution is 2.41. The molecule has 9 heteroatoms. The van der Waals surface area contributed by atoms with Crippen molar-refractivity contribution in [2.45, 2.75) is 6.61 Å². The molecule has 2 amide bonds. The Bertz CT molecular complexity index is 1260. The smallest absolute Gasteiger partial charge is 0.298 e. The van der Waals surface area contributed by atoms with Crippen molar-refractivity contribution in [3.05, 3.63) is 90.7 Å². The first-order chi connectivity index (χ1) is 15.9. The molecule has 1 saturated heterocycles. The van der Waals surface area contributed by atoms with Gasteiger partial charge in [0.15, 0.2) is 0 Å². The second kappa shape index (κ2) is 10.3. The van der Waals surface area contributed by atoms with Crippen molar-refractivity contribution >= 4 is 78.1 Å². The maximum atomic E-state index is 13.0. The quantitative estimate of drug-likeness (QED) is 0.268. The fourth-order valence-electron chi connectivity index (χ4n) is 3.21. The maximum Gasteiger partial charge on any atom is 0.298 e. The molecule has 0 atom stereocenters. The van der Waals surface area contributed by atoms with Gasteiger partial charge in [0.25, 0.3) is 11.1 Å². The fourth-order valence-corrected chi connectivity index (χ4v) is 5.68. The number of para-hydroxylation sites is 2. The standard InChI is InChI=1S/C24H16Br2ClNO4S/c1-31-20-9-5-4-8-19(20)28-23(29)21(33-24(28)30)12-14-10-16(25)22(17(26)11-14)32-13-15-6-2-3-7-18(15)27/h2-12H,13H2,1H3/b21-12-. The van der Waals surface area contributed by atoms with E-state index in [-0.39, 0.29) is 5.24 Å². The third kappa shape index (κ3) is 5.14. The zero-order valence-corrected chi connectivity index (χ0v) is 21.9. The lowest BCUT2D eigenvalue weighted by Gasteiger charge is -2.15. The summed E-state index contributed by atoms with van der Waals surface area (Å²) in [5.74, 6) is 0.654. The number of benzene rings is 3. The minimum Gasteiger partial charge on any atom is -0.495 e. The number of hydrogen-bond donors (Lipinski definition) is 0. The van der Waals surface area contributed by atoms with Crippen molar-refractivity contribution in [1.29, 1.82) is 0 Å². The summed E-state index contributed by atoms with van der Waals surface area (Å²) in [7, 11) is 1.50. The Labute approximate surface area is 217 Å². The summed E-state index contributed by atoms with van der Waals surface area (Å²) in [5.41, 5.74) is 2.01. The number of carbonyl (C=O) groups is 2. The molecule has 3 aromatic carbocycles. The van der Waals surface area contributed by atoms with Crippen molar-refractivity contribution in [2.75, 3.05) is 12.0 Å². The molecule has 1 heterocycles. The van der Waals surface area contributed by atoms with E-state index in [0.29, 0.717) is 42.7 Å². The van der Waals surface area contributed by atoms with Gasteiger partial charge in [0.2, 0.25) is 0 Å². The second-order valence-electron chi connectivity index (χ2n) is 6.88. The van der Waals surface area contributed by atoms with Gasteiger partial charge in [-0.3, -0.25) is 9.59 Å². The van der Waals surface area contributed by atoms with Crippen LogP contribution in [0.2, 0.25) is 5.02 Å². The number of methoxy groups -OCH3 is 1. The average Bonchev–Trinajstić information content (AvgIpc) is 3.06. The van der Waals surface area contributed by atoms with Crippen molar-refractivity contribution < 1.29 is 19.1 Å². The molecule has 33 heavy (non-hydrogen) atoms. The summed E-state index contributed by atoms with van der Waals surface area (Å²) in [5, 5.41) is 0.251. The van der Waals surface area contributed by atoms with Crippen LogP contribution in [-0.2, 0) is 11.4 Å². The molecular formula is C24H16Br2ClNO4S. The molecule has 5 nitrogen and oxygen atoms in total. The molecule has 0 N–H and O–H groups in total. The normalized spacial score (nSPS) is 14.8. The third-order valence-corrected chi connectivity index (χ3v) is 7.18. The predicted octanol–water partition coefficient (Wildman–Crippen LogP) is 7.69. The van der Waals surface area contributed by atoms with E-state index in [2.05, 4.69) is 31.9 Å². The number of nitrogens with zero attached hydrogens (tertiary/aromatic N) is 1. The van der Waals surface area contributed by atoms with Crippen molar-refractivity contribution in [3.63, 3.8) is 0 Å². The summed E-state index contributed by atoms with van der Waals surface area (Å²) in [6.07, 6.45) is 1.67. The highest BCUT2D eigenvalue weighted by molar-refractivity contribution is 9.11. The fraction of sp³-hybridized carbons (Fsp3) is 0.0833. The van der Waals surface area contributed by atoms with E-state index in [1.54, 1.807) is 30.3 Å². The van der Waals surface area contributed by atoms with Gasteiger partial charge in [0, 0.05) is 10.6 Å². The zero-order valence-electron chi connectivity index (χ0n) is 17.2. The van der Waals surface area contributed by atoms with Crippen LogP contribution in [0.4, 0.5) is 10.5 Å². The van der Waals surface area contributed by atoms with Crippen molar-refractivity contribution in [2.24, 2.45) is 0 Å². The third-order valence-electron chi connectivity index (χ3n) is 4.77. The Balaban J connectivity index is 1.57. The highest BCUT2D eigenvalue weighted by atomic mass is 79.9. The highest BCUT2D eigenvalue weighted by Gasteiger charge is 2.37. The number of anilines is 1. The van der Waals surface area contributed by atoms with Crippen LogP contribution >= 0.6 is 55.2 Å². The second-order valence-corrected chi connectivity index (χ2v) is 9.99. The van der Waals surface area contributed by atoms with Gasteiger partial charge in [-0.05, 0) is 85.6 Å². The summed E-state index contributed by atoms with van der Waals surface area (Å²) in [4.78, 5) is 27.1. The van der Waals surface area contributed by atoms with Crippen LogP contribution in [0, 0.1) is 0 Å². The van der Waals surface area contributed by atoms with Crippen LogP contribution in [0.25, 0.3) is 6.08 Å². The Kier molecular flexibility index (Phi) is 7.48. The molecular weight excluding hydrogens is 594 g/mol. The number of rotatable bonds is 6. The molecule has 1 fully saturated rings. The number of ether oxygens (including phenoxy) is 2. The number of thioether (sulfide) groups is 1. The summed E-state index contributed by atoms with van der Waals surface area (Å²) in [6.45, 7) is 0.300. The van der Waals surface area contributed by atoms with E-state index in [9.17, 15) is 9.59 Å². The molecule has 1 aliphatic rings. The van der Waals surface area contributed by atoms with Gasteiger partial charge in [-0.1, -0.05) is 41.9 Å². The van der Waals surface area contributed by atoms with E-state index < -0.39 is 5.91 Å². The van der Waals surface area contributed by atoms with Crippen LogP contribution in [0.1, 0.15) is 11.1 Å². The largest absolute Gasteiger partial charge is 0.495 e. The topological polar surface area (TPSA) is 55.8 Å². The molecule has 0 spiro atoms. The number of halogens is 3. The molecule has 0 bridgehead atoms. The lowest BCUT2D eigenvalue weighted by molar-refractivity contribution is -0.113. The molecule has 4 rings (SSSR count). The summed E-state index contributed by atoms with van der Waals surface area (Å²) >= 11 is 14.2. The Morgan fingerprint density at radius 2 is 1.70 bits per heavy atom. The first-order valence-corrected chi connectivity index (χ1v) is 12.4. The zero-order chi connectivity index (χ0) is 23.5. The van der Waals surface area contributed by atoms with Gasteiger partial charge >= 0.3 is 0 Å². The first kappa shape index (κ1) is 23.9.